The van der Waals surface area contributed by atoms with Crippen LogP contribution in [0.15, 0.2) is 54.7 Å². The number of nitro groups is 1. The van der Waals surface area contributed by atoms with Crippen LogP contribution in [0.5, 0.6) is 0 Å². The van der Waals surface area contributed by atoms with Gasteiger partial charge in [-0.2, -0.15) is 0 Å². The summed E-state index contributed by atoms with van der Waals surface area (Å²) in [7, 11) is 0. The van der Waals surface area contributed by atoms with E-state index in [9.17, 15) is 19.3 Å². The second-order valence-electron chi connectivity index (χ2n) is 6.66. The first kappa shape index (κ1) is 17.1. The minimum absolute atomic E-state index is 0.184. The van der Waals surface area contributed by atoms with Crippen molar-refractivity contribution >= 4 is 28.2 Å². The van der Waals surface area contributed by atoms with Crippen molar-refractivity contribution < 1.29 is 14.1 Å². The highest BCUT2D eigenvalue weighted by Crippen LogP contribution is 2.44. The van der Waals surface area contributed by atoms with E-state index in [0.29, 0.717) is 29.6 Å². The number of nitro benzene ring substituents is 1. The van der Waals surface area contributed by atoms with Crippen molar-refractivity contribution in [1.82, 2.24) is 4.98 Å². The number of para-hydroxylation sites is 1. The van der Waals surface area contributed by atoms with Crippen molar-refractivity contribution in [3.63, 3.8) is 0 Å². The lowest BCUT2D eigenvalue weighted by Gasteiger charge is -2.35. The van der Waals surface area contributed by atoms with Crippen LogP contribution in [0.25, 0.3) is 10.9 Å². The Morgan fingerprint density at radius 2 is 2.00 bits per heavy atom. The molecular formula is C20H16FN3O3. The molecule has 3 aromatic rings. The number of halogens is 1. The molecule has 1 aromatic heterocycles. The summed E-state index contributed by atoms with van der Waals surface area (Å²) in [5.41, 5.74) is 1.51. The van der Waals surface area contributed by atoms with Crippen LogP contribution in [0.1, 0.15) is 24.3 Å². The van der Waals surface area contributed by atoms with Gasteiger partial charge < -0.3 is 5.32 Å². The number of benzene rings is 2. The zero-order chi connectivity index (χ0) is 19.0. The molecule has 0 radical (unpaired) electrons. The Hall–Kier alpha value is -3.35. The topological polar surface area (TPSA) is 85.1 Å². The van der Waals surface area contributed by atoms with Gasteiger partial charge in [0, 0.05) is 23.6 Å². The van der Waals surface area contributed by atoms with Crippen molar-refractivity contribution in [2.24, 2.45) is 5.92 Å². The molecule has 7 heteroatoms. The molecule has 1 aliphatic carbocycles. The van der Waals surface area contributed by atoms with Crippen LogP contribution in [0.3, 0.4) is 0 Å². The average molecular weight is 365 g/mol. The van der Waals surface area contributed by atoms with E-state index in [0.717, 1.165) is 11.5 Å². The Morgan fingerprint density at radius 3 is 2.74 bits per heavy atom. The molecular weight excluding hydrogens is 349 g/mol. The van der Waals surface area contributed by atoms with Gasteiger partial charge in [0.15, 0.2) is 0 Å². The number of amides is 1. The second-order valence-corrected chi connectivity index (χ2v) is 6.66. The summed E-state index contributed by atoms with van der Waals surface area (Å²) in [5, 5.41) is 14.8. The van der Waals surface area contributed by atoms with Crippen LogP contribution in [0.4, 0.5) is 15.8 Å². The maximum absolute atomic E-state index is 13.7. The molecule has 1 heterocycles. The minimum Gasteiger partial charge on any atom is -0.324 e. The summed E-state index contributed by atoms with van der Waals surface area (Å²) < 4.78 is 13.7. The van der Waals surface area contributed by atoms with E-state index in [-0.39, 0.29) is 23.4 Å². The Labute approximate surface area is 154 Å². The van der Waals surface area contributed by atoms with Gasteiger partial charge in [-0.15, -0.1) is 0 Å². The largest absolute Gasteiger partial charge is 0.324 e. The molecule has 0 bridgehead atoms. The maximum Gasteiger partial charge on any atom is 0.272 e. The van der Waals surface area contributed by atoms with E-state index in [2.05, 4.69) is 10.3 Å². The summed E-state index contributed by atoms with van der Waals surface area (Å²) in [6.07, 6.45) is 3.00. The first-order valence-corrected chi connectivity index (χ1v) is 8.62. The highest BCUT2D eigenvalue weighted by atomic mass is 19.1. The van der Waals surface area contributed by atoms with Crippen molar-refractivity contribution in [3.8, 4) is 0 Å². The summed E-state index contributed by atoms with van der Waals surface area (Å²) >= 11 is 0. The Bertz CT molecular complexity index is 1050. The fourth-order valence-corrected chi connectivity index (χ4v) is 3.56. The molecule has 1 N–H and O–H groups in total. The van der Waals surface area contributed by atoms with Gasteiger partial charge in [-0.1, -0.05) is 18.2 Å². The van der Waals surface area contributed by atoms with Crippen LogP contribution in [-0.2, 0) is 4.79 Å². The highest BCUT2D eigenvalue weighted by molar-refractivity contribution is 6.01. The van der Waals surface area contributed by atoms with Crippen LogP contribution in [-0.4, -0.2) is 15.8 Å². The van der Waals surface area contributed by atoms with E-state index in [1.807, 2.05) is 24.3 Å². The molecule has 2 aromatic carbocycles. The summed E-state index contributed by atoms with van der Waals surface area (Å²) in [6, 6.07) is 12.8. The first-order chi connectivity index (χ1) is 13.0. The third kappa shape index (κ3) is 3.23. The Kier molecular flexibility index (Phi) is 4.27. The lowest BCUT2D eigenvalue weighted by molar-refractivity contribution is -0.385. The number of non-ortho nitro benzene ring substituents is 1. The standard InChI is InChI=1S/C20H16FN3O3/c21-14-9-13(10-15(11-14)24(26)27)16-6-7-17(16)20(25)23-18-5-1-3-12-4-2-8-22-19(12)18/h1-5,8-11,16-17H,6-7H2,(H,23,25)/t16-,17-/m0/s1. The first-order valence-electron chi connectivity index (χ1n) is 8.62. The van der Waals surface area contributed by atoms with Gasteiger partial charge in [-0.3, -0.25) is 19.9 Å². The van der Waals surface area contributed by atoms with Crippen molar-refractivity contribution in [2.75, 3.05) is 5.32 Å². The molecule has 0 spiro atoms. The highest BCUT2D eigenvalue weighted by Gasteiger charge is 2.38. The van der Waals surface area contributed by atoms with Crippen molar-refractivity contribution in [1.29, 1.82) is 0 Å². The second kappa shape index (κ2) is 6.75. The Balaban J connectivity index is 1.57. The number of pyridine rings is 1. The van der Waals surface area contributed by atoms with Gasteiger partial charge in [-0.05, 0) is 42.5 Å². The quantitative estimate of drug-likeness (QED) is 0.548. The number of nitrogens with one attached hydrogen (secondary N) is 1. The number of fused-ring (bicyclic) bond motifs is 1. The SMILES string of the molecule is O=C(Nc1cccc2cccnc12)[C@H]1CC[C@H]1c1cc(F)cc([N+](=O)[O-])c1. The van der Waals surface area contributed by atoms with Gasteiger partial charge in [0.25, 0.3) is 5.69 Å². The number of carbonyl (C=O) groups excluding carboxylic acids is 1. The van der Waals surface area contributed by atoms with Gasteiger partial charge in [0.05, 0.1) is 22.2 Å². The molecule has 0 unspecified atom stereocenters. The average Bonchev–Trinajstić information content (AvgIpc) is 2.60. The molecule has 1 saturated carbocycles. The lowest BCUT2D eigenvalue weighted by Crippen LogP contribution is -2.35. The molecule has 136 valence electrons. The summed E-state index contributed by atoms with van der Waals surface area (Å²) in [4.78, 5) is 27.4. The fourth-order valence-electron chi connectivity index (χ4n) is 3.56. The van der Waals surface area contributed by atoms with Crippen molar-refractivity contribution in [2.45, 2.75) is 18.8 Å². The zero-order valence-electron chi connectivity index (χ0n) is 14.3. The van der Waals surface area contributed by atoms with E-state index >= 15 is 0 Å². The smallest absolute Gasteiger partial charge is 0.272 e. The predicted molar refractivity (Wildman–Crippen MR) is 98.9 cm³/mol. The molecule has 1 aliphatic rings. The molecule has 0 aliphatic heterocycles. The van der Waals surface area contributed by atoms with E-state index in [1.54, 1.807) is 12.3 Å². The van der Waals surface area contributed by atoms with E-state index in [1.165, 1.54) is 12.1 Å². The van der Waals surface area contributed by atoms with E-state index < -0.39 is 10.7 Å². The molecule has 4 rings (SSSR count). The van der Waals surface area contributed by atoms with Gasteiger partial charge in [-0.25, -0.2) is 4.39 Å². The van der Waals surface area contributed by atoms with Crippen LogP contribution >= 0.6 is 0 Å². The van der Waals surface area contributed by atoms with Crippen LogP contribution in [0.2, 0.25) is 0 Å². The number of rotatable bonds is 4. The number of hydrogen-bond donors (Lipinski definition) is 1. The van der Waals surface area contributed by atoms with Gasteiger partial charge >= 0.3 is 0 Å². The van der Waals surface area contributed by atoms with Crippen LogP contribution < -0.4 is 5.32 Å². The third-order valence-corrected chi connectivity index (χ3v) is 5.05. The molecule has 6 nitrogen and oxygen atoms in total. The van der Waals surface area contributed by atoms with E-state index in [4.69, 9.17) is 0 Å². The van der Waals surface area contributed by atoms with Gasteiger partial charge in [0.1, 0.15) is 5.82 Å². The maximum atomic E-state index is 13.7. The van der Waals surface area contributed by atoms with Crippen LogP contribution in [0, 0.1) is 21.8 Å². The predicted octanol–water partition coefficient (Wildman–Crippen LogP) is 4.41. The molecule has 2 atom stereocenters. The number of nitrogens with zero attached hydrogens (tertiary/aromatic N) is 2. The fraction of sp³-hybridized carbons (Fsp3) is 0.200. The molecule has 0 saturated heterocycles. The third-order valence-electron chi connectivity index (χ3n) is 5.05. The number of aromatic nitrogens is 1. The summed E-state index contributed by atoms with van der Waals surface area (Å²) in [5.74, 6) is -1.44. The minimum atomic E-state index is -0.663. The monoisotopic (exact) mass is 365 g/mol. The van der Waals surface area contributed by atoms with Gasteiger partial charge in [0.2, 0.25) is 5.91 Å². The molecule has 1 amide bonds. The lowest BCUT2D eigenvalue weighted by atomic mass is 9.69. The number of hydrogen-bond acceptors (Lipinski definition) is 4. The number of anilines is 1. The normalized spacial score (nSPS) is 18.7. The summed E-state index contributed by atoms with van der Waals surface area (Å²) in [6.45, 7) is 0. The van der Waals surface area contributed by atoms with Crippen molar-refractivity contribution in [3.05, 3.63) is 76.2 Å². The zero-order valence-corrected chi connectivity index (χ0v) is 14.3. The molecule has 1 fully saturated rings. The molecule has 27 heavy (non-hydrogen) atoms. The number of carbonyl (C=O) groups is 1. The Morgan fingerprint density at radius 1 is 1.19 bits per heavy atom.